The van der Waals surface area contributed by atoms with Crippen molar-refractivity contribution in [3.63, 3.8) is 0 Å². The smallest absolute Gasteiger partial charge is 0.396 e. The molecule has 2 N–H and O–H groups in total. The van der Waals surface area contributed by atoms with Crippen LogP contribution in [-0.2, 0) is 41.0 Å². The fourth-order valence-corrected chi connectivity index (χ4v) is 8.79. The largest absolute Gasteiger partial charge is 0.417 e. The topological polar surface area (TPSA) is 162 Å². The number of imide groups is 2. The van der Waals surface area contributed by atoms with Crippen LogP contribution in [0.3, 0.4) is 0 Å². The number of carbonyl (C=O) groups is 4. The summed E-state index contributed by atoms with van der Waals surface area (Å²) in [5.41, 5.74) is -7.41. The number of nitriles is 1. The molecule has 6 aliphatic rings. The highest BCUT2D eigenvalue weighted by molar-refractivity contribution is 6.24. The van der Waals surface area contributed by atoms with Gasteiger partial charge in [-0.15, -0.1) is 0 Å². The molecule has 0 saturated carbocycles. The molecule has 18 heteroatoms. The van der Waals surface area contributed by atoms with Crippen LogP contribution in [0.2, 0.25) is 0 Å². The van der Waals surface area contributed by atoms with Crippen LogP contribution in [0, 0.1) is 41.6 Å². The minimum absolute atomic E-state index is 0.0948. The summed E-state index contributed by atoms with van der Waals surface area (Å²) in [6.07, 6.45) is -3.44. The molecule has 0 aliphatic carbocycles. The summed E-state index contributed by atoms with van der Waals surface area (Å²) in [6, 6.07) is 6.97. The maximum Gasteiger partial charge on any atom is 0.417 e. The second-order valence-corrected chi connectivity index (χ2v) is 14.1. The van der Waals surface area contributed by atoms with E-state index in [9.17, 15) is 55.7 Å². The highest BCUT2D eigenvalue weighted by Gasteiger charge is 2.72. The maximum absolute atomic E-state index is 13.3. The zero-order chi connectivity index (χ0) is 40.0. The van der Waals surface area contributed by atoms with Gasteiger partial charge in [-0.1, -0.05) is 30.4 Å². The van der Waals surface area contributed by atoms with Crippen molar-refractivity contribution >= 4 is 40.7 Å². The number of anilines is 2. The van der Waals surface area contributed by atoms with Crippen LogP contribution in [0.1, 0.15) is 36.5 Å². The third-order valence-electron chi connectivity index (χ3n) is 11.1. The van der Waals surface area contributed by atoms with Crippen molar-refractivity contribution in [2.24, 2.45) is 23.7 Å². The summed E-state index contributed by atoms with van der Waals surface area (Å²) in [5.74, 6) is -6.15. The maximum atomic E-state index is 13.3. The third kappa shape index (κ3) is 5.49. The second-order valence-electron chi connectivity index (χ2n) is 14.1. The van der Waals surface area contributed by atoms with Gasteiger partial charge in [0, 0.05) is 31.7 Å². The van der Waals surface area contributed by atoms with Crippen molar-refractivity contribution in [1.82, 2.24) is 0 Å². The van der Waals surface area contributed by atoms with E-state index in [0.29, 0.717) is 12.1 Å². The Kier molecular flexibility index (Phi) is 8.66. The van der Waals surface area contributed by atoms with Gasteiger partial charge in [-0.25, -0.2) is 14.6 Å². The number of amides is 4. The van der Waals surface area contributed by atoms with E-state index in [-0.39, 0.29) is 37.4 Å². The molecule has 0 aromatic heterocycles. The molecule has 4 unspecified atom stereocenters. The lowest BCUT2D eigenvalue weighted by Gasteiger charge is -2.28. The molecule has 6 aliphatic heterocycles. The van der Waals surface area contributed by atoms with Crippen molar-refractivity contribution in [3.05, 3.63) is 88.8 Å². The van der Waals surface area contributed by atoms with Gasteiger partial charge in [-0.2, -0.15) is 31.6 Å². The Morgan fingerprint density at radius 1 is 0.800 bits per heavy atom. The van der Waals surface area contributed by atoms with Crippen LogP contribution in [0.25, 0.3) is 4.85 Å². The van der Waals surface area contributed by atoms with Gasteiger partial charge in [-0.05, 0) is 37.3 Å². The highest BCUT2D eigenvalue weighted by atomic mass is 19.4. The molecule has 4 saturated heterocycles. The highest BCUT2D eigenvalue weighted by Crippen LogP contribution is 2.59. The lowest BCUT2D eigenvalue weighted by atomic mass is 9.71. The Morgan fingerprint density at radius 2 is 1.36 bits per heavy atom. The van der Waals surface area contributed by atoms with E-state index in [2.05, 4.69) is 4.85 Å². The Balaban J connectivity index is 0.000000169. The third-order valence-corrected chi connectivity index (χ3v) is 11.1. The number of rotatable bonds is 6. The van der Waals surface area contributed by atoms with Gasteiger partial charge in [0.1, 0.15) is 11.2 Å². The van der Waals surface area contributed by atoms with Crippen LogP contribution in [0.4, 0.5) is 43.4 Å². The van der Waals surface area contributed by atoms with Gasteiger partial charge in [0.05, 0.1) is 70.4 Å². The first-order chi connectivity index (χ1) is 25.8. The number of aliphatic hydroxyl groups is 2. The first-order valence-electron chi connectivity index (χ1n) is 16.8. The molecule has 4 fully saturated rings. The second kappa shape index (κ2) is 12.6. The van der Waals surface area contributed by atoms with Gasteiger partial charge < -0.3 is 19.7 Å². The van der Waals surface area contributed by atoms with Gasteiger partial charge in [0.2, 0.25) is 23.6 Å². The minimum Gasteiger partial charge on any atom is -0.396 e. The predicted molar refractivity (Wildman–Crippen MR) is 174 cm³/mol. The Labute approximate surface area is 307 Å². The van der Waals surface area contributed by atoms with Crippen molar-refractivity contribution in [2.75, 3.05) is 23.0 Å². The first-order valence-corrected chi connectivity index (χ1v) is 16.8. The summed E-state index contributed by atoms with van der Waals surface area (Å²) in [6.45, 7) is 8.02. The Morgan fingerprint density at radius 3 is 1.96 bits per heavy atom. The van der Waals surface area contributed by atoms with Crippen molar-refractivity contribution in [3.8, 4) is 6.07 Å². The summed E-state index contributed by atoms with van der Waals surface area (Å²) >= 11 is 0. The predicted octanol–water partition coefficient (Wildman–Crippen LogP) is 4.61. The van der Waals surface area contributed by atoms with Crippen LogP contribution in [0.15, 0.2) is 60.7 Å². The number of aliphatic hydroxyl groups excluding tert-OH is 2. The number of benzene rings is 2. The van der Waals surface area contributed by atoms with Crippen LogP contribution >= 0.6 is 0 Å². The molecule has 8 rings (SSSR count). The van der Waals surface area contributed by atoms with E-state index in [1.807, 2.05) is 0 Å². The summed E-state index contributed by atoms with van der Waals surface area (Å²) < 4.78 is 91.2. The molecular weight excluding hydrogens is 742 g/mol. The molecule has 12 nitrogen and oxygen atoms in total. The molecule has 55 heavy (non-hydrogen) atoms. The molecule has 6 heterocycles. The number of halogens is 6. The fourth-order valence-electron chi connectivity index (χ4n) is 8.79. The Hall–Kier alpha value is -5.40. The minimum atomic E-state index is -4.80. The molecule has 2 aromatic rings. The fraction of sp³-hybridized carbons (Fsp3) is 0.405. The number of ether oxygens (including phenoxy) is 2. The average molecular weight is 771 g/mol. The lowest BCUT2D eigenvalue weighted by molar-refractivity contribution is -0.138. The van der Waals surface area contributed by atoms with E-state index in [4.69, 9.17) is 21.3 Å². The van der Waals surface area contributed by atoms with Crippen LogP contribution in [-0.4, -0.2) is 70.0 Å². The van der Waals surface area contributed by atoms with Crippen molar-refractivity contribution in [2.45, 2.75) is 55.0 Å². The average Bonchev–Trinajstić information content (AvgIpc) is 3.94. The molecular formula is C37H28F6N4O8. The van der Waals surface area contributed by atoms with Gasteiger partial charge in [-0.3, -0.25) is 19.2 Å². The van der Waals surface area contributed by atoms with E-state index < -0.39 is 105 Å². The summed E-state index contributed by atoms with van der Waals surface area (Å²) in [4.78, 5) is 56.3. The zero-order valence-electron chi connectivity index (χ0n) is 28.4. The zero-order valence-corrected chi connectivity index (χ0v) is 28.4. The van der Waals surface area contributed by atoms with Gasteiger partial charge in [0.25, 0.3) is 0 Å². The summed E-state index contributed by atoms with van der Waals surface area (Å²) in [7, 11) is 0. The van der Waals surface area contributed by atoms with Crippen molar-refractivity contribution in [1.29, 1.82) is 5.26 Å². The van der Waals surface area contributed by atoms with Crippen LogP contribution in [0.5, 0.6) is 0 Å². The quantitative estimate of drug-likeness (QED) is 0.185. The molecule has 4 bridgehead atoms. The molecule has 286 valence electrons. The molecule has 0 radical (unpaired) electrons. The monoisotopic (exact) mass is 770 g/mol. The molecule has 4 amide bonds. The number of nitrogens with zero attached hydrogens (tertiary/aromatic N) is 4. The molecule has 2 aromatic carbocycles. The van der Waals surface area contributed by atoms with E-state index >= 15 is 0 Å². The van der Waals surface area contributed by atoms with Gasteiger partial charge in [0.15, 0.2) is 5.69 Å². The first kappa shape index (κ1) is 37.9. The van der Waals surface area contributed by atoms with Crippen molar-refractivity contribution < 1.29 is 65.2 Å². The summed E-state index contributed by atoms with van der Waals surface area (Å²) in [5, 5.41) is 27.6. The normalized spacial score (nSPS) is 32.5. The molecule has 8 atom stereocenters. The molecule has 0 spiro atoms. The van der Waals surface area contributed by atoms with Crippen LogP contribution < -0.4 is 9.80 Å². The van der Waals surface area contributed by atoms with E-state index in [1.165, 1.54) is 6.07 Å². The lowest BCUT2D eigenvalue weighted by Crippen LogP contribution is -2.41. The SMILES string of the molecule is N#Cc1ccc(N2C(=O)[C@H]3C4C=CC(CCO)(O4)[C@H]3C2=O)cc1C(F)(F)F.[C-]#[N+]c1ccc(N2C(=O)[C@@H]3[C@H](C2=O)C2(C)C=CC3(CCO)O2)cc1C(F)(F)F. The number of fused-ring (bicyclic) bond motifs is 10. The number of carbonyl (C=O) groups excluding carboxylic acids is 4. The number of hydrogen-bond acceptors (Lipinski definition) is 9. The number of alkyl halides is 6. The van der Waals surface area contributed by atoms with E-state index in [1.54, 1.807) is 31.2 Å². The van der Waals surface area contributed by atoms with E-state index in [0.717, 1.165) is 34.1 Å². The van der Waals surface area contributed by atoms with Gasteiger partial charge >= 0.3 is 12.4 Å². The Bertz CT molecular complexity index is 2190. The standard InChI is InChI=1S/C19H15F3N2O4.C18H13F3N2O4/c1-17-5-6-18(28-17,7-8-25)14-13(17)15(26)24(16(14)27)10-3-4-12(23-2)11(9-10)19(20,21)22;19-18(20,21)11-7-10(2-1-9(11)8-22)23-15(25)13-12-3-4-17(27-12,5-6-24)14(13)16(23)26/h3-6,9,13-14,25H,7-8H2,1H3;1-4,7,12-14,24H,5-6H2/t13-,14+,17?,18?;12?,13-,14+,17?/m10/s1. The number of hydrogen-bond donors (Lipinski definition) is 2.